The smallest absolute Gasteiger partial charge is 0.272 e. The number of nitrogens with one attached hydrogen (secondary N) is 3. The molecular formula is C29H27FN4O3. The molecule has 3 amide bonds. The molecule has 0 bridgehead atoms. The van der Waals surface area contributed by atoms with E-state index in [1.54, 1.807) is 17.0 Å². The van der Waals surface area contributed by atoms with E-state index in [0.29, 0.717) is 12.0 Å². The summed E-state index contributed by atoms with van der Waals surface area (Å²) in [6.07, 6.45) is 2.49. The largest absolute Gasteiger partial charge is 0.361 e. The molecule has 0 radical (unpaired) electrons. The zero-order valence-electron chi connectivity index (χ0n) is 20.5. The molecule has 2 heterocycles. The van der Waals surface area contributed by atoms with Crippen LogP contribution in [0.1, 0.15) is 58.2 Å². The van der Waals surface area contributed by atoms with Gasteiger partial charge in [-0.25, -0.2) is 4.39 Å². The van der Waals surface area contributed by atoms with Crippen molar-refractivity contribution in [3.8, 4) is 0 Å². The number of aromatic nitrogens is 1. The highest BCUT2D eigenvalue weighted by molar-refractivity contribution is 6.04. The number of para-hydroxylation sites is 1. The lowest BCUT2D eigenvalue weighted by Crippen LogP contribution is -2.55. The third-order valence-electron chi connectivity index (χ3n) is 7.08. The van der Waals surface area contributed by atoms with Gasteiger partial charge in [-0.1, -0.05) is 68.8 Å². The molecule has 37 heavy (non-hydrogen) atoms. The van der Waals surface area contributed by atoms with Gasteiger partial charge in [0.15, 0.2) is 0 Å². The number of fused-ring (bicyclic) bond motifs is 2. The van der Waals surface area contributed by atoms with Crippen LogP contribution in [-0.2, 0) is 4.79 Å². The Morgan fingerprint density at radius 3 is 2.46 bits per heavy atom. The van der Waals surface area contributed by atoms with Gasteiger partial charge in [-0.15, -0.1) is 0 Å². The number of benzene rings is 3. The number of hydrazine groups is 1. The molecule has 8 heteroatoms. The highest BCUT2D eigenvalue weighted by atomic mass is 19.1. The Morgan fingerprint density at radius 2 is 1.68 bits per heavy atom. The summed E-state index contributed by atoms with van der Waals surface area (Å²) in [6, 6.07) is 19.3. The van der Waals surface area contributed by atoms with Crippen molar-refractivity contribution < 1.29 is 18.8 Å². The maximum Gasteiger partial charge on any atom is 0.272 e. The Hall–Kier alpha value is -4.46. The minimum absolute atomic E-state index is 0.191. The van der Waals surface area contributed by atoms with Gasteiger partial charge in [0.1, 0.15) is 11.9 Å². The van der Waals surface area contributed by atoms with Gasteiger partial charge in [0.05, 0.1) is 11.6 Å². The predicted molar refractivity (Wildman–Crippen MR) is 138 cm³/mol. The van der Waals surface area contributed by atoms with Crippen molar-refractivity contribution in [2.45, 2.75) is 32.4 Å². The van der Waals surface area contributed by atoms with Gasteiger partial charge in [-0.2, -0.15) is 0 Å². The van der Waals surface area contributed by atoms with Crippen LogP contribution in [0.4, 0.5) is 4.39 Å². The van der Waals surface area contributed by atoms with Crippen LogP contribution in [0.5, 0.6) is 0 Å². The summed E-state index contributed by atoms with van der Waals surface area (Å²) < 4.78 is 14.1. The van der Waals surface area contributed by atoms with Crippen LogP contribution < -0.4 is 10.9 Å². The Morgan fingerprint density at radius 1 is 0.973 bits per heavy atom. The van der Waals surface area contributed by atoms with Crippen LogP contribution in [0.3, 0.4) is 0 Å². The minimum Gasteiger partial charge on any atom is -0.361 e. The number of aromatic amines is 1. The monoisotopic (exact) mass is 498 g/mol. The summed E-state index contributed by atoms with van der Waals surface area (Å²) in [4.78, 5) is 44.8. The summed E-state index contributed by atoms with van der Waals surface area (Å²) in [6.45, 7) is 3.84. The van der Waals surface area contributed by atoms with Gasteiger partial charge < -0.3 is 9.88 Å². The Bertz CT molecular complexity index is 1500. The molecule has 5 rings (SSSR count). The fourth-order valence-electron chi connectivity index (χ4n) is 5.05. The molecule has 3 aromatic carbocycles. The number of hydrogen-bond acceptors (Lipinski definition) is 3. The number of hydrogen-bond donors (Lipinski definition) is 3. The summed E-state index contributed by atoms with van der Waals surface area (Å²) in [7, 11) is 0. The van der Waals surface area contributed by atoms with Crippen molar-refractivity contribution in [2.24, 2.45) is 5.92 Å². The van der Waals surface area contributed by atoms with E-state index in [0.717, 1.165) is 22.0 Å². The van der Waals surface area contributed by atoms with E-state index >= 15 is 0 Å². The number of carbonyl (C=O) groups excluding carboxylic acids is 3. The summed E-state index contributed by atoms with van der Waals surface area (Å²) in [5.41, 5.74) is 7.73. The molecule has 0 spiro atoms. The Labute approximate surface area is 213 Å². The Kier molecular flexibility index (Phi) is 6.48. The third kappa shape index (κ3) is 4.24. The van der Waals surface area contributed by atoms with E-state index < -0.39 is 29.7 Å². The first kappa shape index (κ1) is 24.2. The average molecular weight is 499 g/mol. The van der Waals surface area contributed by atoms with E-state index in [4.69, 9.17) is 0 Å². The molecule has 3 atom stereocenters. The molecule has 3 N–H and O–H groups in total. The van der Waals surface area contributed by atoms with Gasteiger partial charge in [-0.05, 0) is 35.7 Å². The molecular weight excluding hydrogens is 471 g/mol. The molecule has 1 aromatic heterocycles. The lowest BCUT2D eigenvalue weighted by atomic mass is 9.93. The van der Waals surface area contributed by atoms with Crippen LogP contribution >= 0.6 is 0 Å². The van der Waals surface area contributed by atoms with Crippen molar-refractivity contribution >= 4 is 28.6 Å². The van der Waals surface area contributed by atoms with Crippen molar-refractivity contribution in [1.29, 1.82) is 0 Å². The molecule has 0 saturated carbocycles. The number of rotatable bonds is 6. The number of halogens is 1. The highest BCUT2D eigenvalue weighted by Gasteiger charge is 2.46. The lowest BCUT2D eigenvalue weighted by Gasteiger charge is -2.36. The molecule has 0 aliphatic carbocycles. The van der Waals surface area contributed by atoms with Crippen molar-refractivity contribution in [3.05, 3.63) is 107 Å². The van der Waals surface area contributed by atoms with E-state index in [1.807, 2.05) is 56.4 Å². The van der Waals surface area contributed by atoms with E-state index in [1.165, 1.54) is 24.3 Å². The van der Waals surface area contributed by atoms with Crippen LogP contribution in [0.15, 0.2) is 79.0 Å². The standard InChI is InChI=1S/C29H27FN4O3/c1-3-17(2)25(28(36)33-32-27(35)21-13-6-8-14-23(21)30)34-26(19-11-4-5-12-20(19)29(34)37)22-16-31-24-15-9-7-10-18(22)24/h4-17,25-26,31H,3H2,1-2H3,(H,32,35)(H,33,36). The van der Waals surface area contributed by atoms with Gasteiger partial charge in [0.2, 0.25) is 0 Å². The predicted octanol–water partition coefficient (Wildman–Crippen LogP) is 4.73. The van der Waals surface area contributed by atoms with Gasteiger partial charge in [0.25, 0.3) is 17.7 Å². The number of nitrogens with zero attached hydrogens (tertiary/aromatic N) is 1. The first-order chi connectivity index (χ1) is 17.9. The Balaban J connectivity index is 1.52. The molecule has 0 fully saturated rings. The molecule has 1 aliphatic rings. The SMILES string of the molecule is CCC(C)C(C(=O)NNC(=O)c1ccccc1F)N1C(=O)c2ccccc2C1c1c[nH]c2ccccc12. The topological polar surface area (TPSA) is 94.3 Å². The highest BCUT2D eigenvalue weighted by Crippen LogP contribution is 2.43. The number of H-pyrrole nitrogens is 1. The zero-order chi connectivity index (χ0) is 26.1. The van der Waals surface area contributed by atoms with E-state index in [2.05, 4.69) is 15.8 Å². The molecule has 1 aliphatic heterocycles. The van der Waals surface area contributed by atoms with E-state index in [9.17, 15) is 18.8 Å². The van der Waals surface area contributed by atoms with E-state index in [-0.39, 0.29) is 17.4 Å². The second kappa shape index (κ2) is 9.89. The minimum atomic E-state index is -0.899. The second-order valence-electron chi connectivity index (χ2n) is 9.25. The molecule has 7 nitrogen and oxygen atoms in total. The third-order valence-corrected chi connectivity index (χ3v) is 7.08. The van der Waals surface area contributed by atoms with Crippen LogP contribution in [-0.4, -0.2) is 33.6 Å². The van der Waals surface area contributed by atoms with Crippen molar-refractivity contribution in [3.63, 3.8) is 0 Å². The fraction of sp³-hybridized carbons (Fsp3) is 0.207. The summed E-state index contributed by atoms with van der Waals surface area (Å²) >= 11 is 0. The second-order valence-corrected chi connectivity index (χ2v) is 9.25. The molecule has 188 valence electrons. The van der Waals surface area contributed by atoms with Crippen molar-refractivity contribution in [2.75, 3.05) is 0 Å². The lowest BCUT2D eigenvalue weighted by molar-refractivity contribution is -0.128. The fourth-order valence-corrected chi connectivity index (χ4v) is 5.05. The van der Waals surface area contributed by atoms with Crippen LogP contribution in [0.2, 0.25) is 0 Å². The molecule has 0 saturated heterocycles. The van der Waals surface area contributed by atoms with Crippen LogP contribution in [0, 0.1) is 11.7 Å². The summed E-state index contributed by atoms with van der Waals surface area (Å²) in [5.74, 6) is -2.52. The van der Waals surface area contributed by atoms with Gasteiger partial charge in [0, 0.05) is 28.2 Å². The van der Waals surface area contributed by atoms with Gasteiger partial charge in [-0.3, -0.25) is 25.2 Å². The van der Waals surface area contributed by atoms with Gasteiger partial charge >= 0.3 is 0 Å². The quantitative estimate of drug-likeness (QED) is 0.336. The first-order valence-electron chi connectivity index (χ1n) is 12.2. The number of amides is 3. The summed E-state index contributed by atoms with van der Waals surface area (Å²) in [5, 5.41) is 0.957. The zero-order valence-corrected chi connectivity index (χ0v) is 20.5. The number of carbonyl (C=O) groups is 3. The van der Waals surface area contributed by atoms with Crippen molar-refractivity contribution in [1.82, 2.24) is 20.7 Å². The average Bonchev–Trinajstić information content (AvgIpc) is 3.46. The first-order valence-corrected chi connectivity index (χ1v) is 12.2. The maximum atomic E-state index is 14.1. The maximum absolute atomic E-state index is 14.1. The molecule has 4 aromatic rings. The van der Waals surface area contributed by atoms with Crippen LogP contribution in [0.25, 0.3) is 10.9 Å². The normalized spacial score (nSPS) is 16.4. The molecule has 3 unspecified atom stereocenters.